The van der Waals surface area contributed by atoms with E-state index in [2.05, 4.69) is 100 Å². The lowest BCUT2D eigenvalue weighted by atomic mass is 9.98. The molecule has 1 unspecified atom stereocenters. The second kappa shape index (κ2) is 55.9. The number of amides is 15. The van der Waals surface area contributed by atoms with Crippen molar-refractivity contribution in [3.63, 3.8) is 0 Å². The number of aromatic nitrogens is 4. The summed E-state index contributed by atoms with van der Waals surface area (Å²) in [6, 6.07) is -5.27. The number of aliphatic hydroxyl groups is 1. The van der Waals surface area contributed by atoms with Gasteiger partial charge in [-0.1, -0.05) is 99.5 Å². The number of nitrogens with two attached hydrogens (primary N) is 2. The van der Waals surface area contributed by atoms with Crippen LogP contribution in [0.4, 0.5) is 0 Å². The maximum atomic E-state index is 15.2. The van der Waals surface area contributed by atoms with Gasteiger partial charge in [-0.25, -0.2) is 4.98 Å². The van der Waals surface area contributed by atoms with Gasteiger partial charge in [-0.05, 0) is 80.5 Å². The molecule has 44 heteroatoms. The van der Waals surface area contributed by atoms with Gasteiger partial charge in [-0.3, -0.25) is 76.7 Å². The predicted molar refractivity (Wildman–Crippen MR) is 477 cm³/mol. The van der Waals surface area contributed by atoms with Crippen LogP contribution in [0.15, 0.2) is 73.4 Å². The number of aromatic amines is 3. The summed E-state index contributed by atoms with van der Waals surface area (Å²) in [7, 11) is 1.60. The number of fused-ring (bicyclic) bond motifs is 2. The number of H-pyrrole nitrogens is 3. The Kier molecular flexibility index (Phi) is 45.9. The highest BCUT2D eigenvalue weighted by atomic mass is 33.1. The number of rotatable bonds is 40. The molecule has 6 rings (SSSR count). The molecule has 13 atom stereocenters. The monoisotopic (exact) mass is 1840 g/mol. The Morgan fingerprint density at radius 1 is 0.574 bits per heavy atom. The first-order chi connectivity index (χ1) is 61.5. The molecule has 1 aliphatic rings. The van der Waals surface area contributed by atoms with Gasteiger partial charge in [0.1, 0.15) is 66.5 Å². The van der Waals surface area contributed by atoms with E-state index in [0.717, 1.165) is 28.5 Å². The zero-order valence-corrected chi connectivity index (χ0v) is 75.3. The number of imidazole rings is 1. The Bertz CT molecular complexity index is 4600. The van der Waals surface area contributed by atoms with Crippen molar-refractivity contribution in [3.8, 4) is 12.3 Å². The number of carboxylic acid groups (broad SMARTS) is 1. The molecule has 1 aliphatic heterocycles. The van der Waals surface area contributed by atoms with Gasteiger partial charge in [-0.2, -0.15) is 0 Å². The van der Waals surface area contributed by atoms with Crippen molar-refractivity contribution in [2.75, 3.05) is 84.0 Å². The summed E-state index contributed by atoms with van der Waals surface area (Å²) in [4.78, 5) is 240. The minimum atomic E-state index is -1.74. The number of nitrogens with zero attached hydrogens (tertiary/aromatic N) is 1. The average Bonchev–Trinajstić information content (AvgIpc) is 1.68. The summed E-state index contributed by atoms with van der Waals surface area (Å²) in [6.45, 7) is 13.8. The molecule has 5 aromatic rings. The number of carboxylic acids is 1. The van der Waals surface area contributed by atoms with Gasteiger partial charge in [0, 0.05) is 109 Å². The lowest BCUT2D eigenvalue weighted by Crippen LogP contribution is -2.61. The quantitative estimate of drug-likeness (QED) is 0.0110. The molecule has 0 spiro atoms. The van der Waals surface area contributed by atoms with Crippen LogP contribution in [-0.2, 0) is 115 Å². The Morgan fingerprint density at radius 3 is 1.58 bits per heavy atom. The molecule has 1 fully saturated rings. The number of terminal acetylenes is 1. The number of primary amides is 1. The van der Waals surface area contributed by atoms with Crippen molar-refractivity contribution in [1.29, 1.82) is 0 Å². The molecule has 708 valence electrons. The standard InChI is InChI=1S/C85H124N20O22S2/c1-10-11-12-21-68(107)89-24-26-124-28-30-126-32-33-127-31-29-125-27-25-90-69(108)23-22-60-78(116)99-62(35-48(4)5)82(120)104-72(49(6)7)85(123)101-64(37-53-41-92-59-20-16-14-18-56(53)59)80(118)103-67(84(122)105-73(51(9)106)74(87)112)45-129-128-44-66(102-76(114)57(86)39-71(110)111)83(121)95-50(8)75(113)97-63(36-52-40-91-58-19-15-13-17-55(52)58)79(117)100-65(38-54-42-88-46-94-54)81(119)98-61(34-47(2)3)77(115)93-43-70(109)96-60/h1,13-20,40-42,46-51,57,60-67,72-73,91-92,106H,11-12,21-39,43-45,86H2,2-9H3,(H2,87,112)(H,88,94)(H,89,107)(H,90,108)(H,93,115)(H,95,121)(H,96,109)(H,97,113)(H,98,119)(H,99,116)(H,100,117)(H,101,123)(H,102,114)(H,103,118)(H,104,120)(H,105,122)(H,110,111)/t50-,51+,57?,60-,61-,62-,63-,64-,65-,66-,67-,72-,73-/m0/s1. The van der Waals surface area contributed by atoms with Crippen LogP contribution in [0.3, 0.4) is 0 Å². The largest absolute Gasteiger partial charge is 0.481 e. The van der Waals surface area contributed by atoms with Gasteiger partial charge in [0.15, 0.2) is 0 Å². The van der Waals surface area contributed by atoms with E-state index in [1.54, 1.807) is 102 Å². The Balaban J connectivity index is 1.34. The zero-order valence-electron chi connectivity index (χ0n) is 73.7. The summed E-state index contributed by atoms with van der Waals surface area (Å²) in [5, 5.41) is 58.1. The normalized spacial score (nSPS) is 21.1. The molecule has 129 heavy (non-hydrogen) atoms. The number of carbonyl (C=O) groups is 16. The van der Waals surface area contributed by atoms with E-state index in [1.165, 1.54) is 19.4 Å². The maximum Gasteiger partial charge on any atom is 0.305 e. The molecular formula is C85H124N20O22S2. The number of hydrogen-bond donors (Lipinski definition) is 21. The molecule has 42 nitrogen and oxygen atoms in total. The molecule has 1 saturated heterocycles. The van der Waals surface area contributed by atoms with E-state index in [4.69, 9.17) is 36.8 Å². The molecule has 3 aromatic heterocycles. The summed E-state index contributed by atoms with van der Waals surface area (Å²) in [5.41, 5.74) is 14.2. The molecule has 0 bridgehead atoms. The van der Waals surface area contributed by atoms with Crippen LogP contribution in [0.2, 0.25) is 0 Å². The first-order valence-electron chi connectivity index (χ1n) is 42.7. The third-order valence-electron chi connectivity index (χ3n) is 20.1. The summed E-state index contributed by atoms with van der Waals surface area (Å²) in [5.74, 6) is -15.2. The SMILES string of the molecule is C#CCCCC(=O)NCCOCCOCCOCCOCCNC(=O)CC[C@@H]1NC(=O)CNC(=O)[C@H](CC(C)C)NC(=O)[C@H](Cc2cnc[nH]2)NC(=O)[C@H](Cc2c[nH]c3ccccc23)NC(=O)[C@H](C)NC(=O)[C@@H](NC(=O)C(N)CC(=O)O)CSSC[C@@H](C(=O)N[C@H](C(N)=O)[C@@H](C)O)NC(=O)[C@H](Cc2c[nH]c3ccccc23)NC(=O)[C@H](C(C)C)NC(=O)[C@H](CC(C)C)NC1=O. The lowest BCUT2D eigenvalue weighted by molar-refractivity contribution is -0.140. The number of para-hydroxylation sites is 2. The third-order valence-corrected chi connectivity index (χ3v) is 22.5. The molecule has 0 radical (unpaired) electrons. The smallest absolute Gasteiger partial charge is 0.305 e. The number of benzene rings is 2. The molecule has 4 heterocycles. The van der Waals surface area contributed by atoms with E-state index in [1.807, 2.05) is 0 Å². The lowest BCUT2D eigenvalue weighted by Gasteiger charge is -2.29. The predicted octanol–water partition coefficient (Wildman–Crippen LogP) is -2.44. The summed E-state index contributed by atoms with van der Waals surface area (Å²) >= 11 is 0. The minimum Gasteiger partial charge on any atom is -0.481 e. The number of aliphatic hydroxyl groups excluding tert-OH is 1. The van der Waals surface area contributed by atoms with Gasteiger partial charge in [0.05, 0.1) is 84.3 Å². The van der Waals surface area contributed by atoms with Crippen LogP contribution in [0, 0.1) is 30.1 Å². The Hall–Kier alpha value is -11.7. The summed E-state index contributed by atoms with van der Waals surface area (Å²) in [6.07, 6.45) is 8.29. The molecule has 0 aliphatic carbocycles. The molecule has 2 aromatic carbocycles. The van der Waals surface area contributed by atoms with Crippen molar-refractivity contribution >= 4 is 138 Å². The molecule has 15 amide bonds. The van der Waals surface area contributed by atoms with Gasteiger partial charge in [-0.15, -0.1) is 12.3 Å². The van der Waals surface area contributed by atoms with E-state index in [-0.39, 0.29) is 89.4 Å². The average molecular weight is 1840 g/mol. The van der Waals surface area contributed by atoms with Crippen LogP contribution in [0.25, 0.3) is 21.8 Å². The fourth-order valence-corrected chi connectivity index (χ4v) is 15.6. The van der Waals surface area contributed by atoms with E-state index >= 15 is 14.4 Å². The van der Waals surface area contributed by atoms with Crippen molar-refractivity contribution < 1.29 is 106 Å². The number of ether oxygens (including phenoxy) is 4. The van der Waals surface area contributed by atoms with Crippen LogP contribution < -0.4 is 85.9 Å². The fraction of sp³-hybridized carbons (Fsp3) is 0.565. The second-order valence-electron chi connectivity index (χ2n) is 32.0. The number of carbonyl (C=O) groups excluding carboxylic acids is 15. The van der Waals surface area contributed by atoms with Gasteiger partial charge >= 0.3 is 5.97 Å². The number of aliphatic carboxylic acids is 1. The maximum absolute atomic E-state index is 15.2. The summed E-state index contributed by atoms with van der Waals surface area (Å²) < 4.78 is 22.2. The van der Waals surface area contributed by atoms with Crippen LogP contribution in [0.1, 0.15) is 124 Å². The highest BCUT2D eigenvalue weighted by Crippen LogP contribution is 2.26. The number of unbranched alkanes of at least 4 members (excludes halogenated alkanes) is 1. The topological polar surface area (TPSA) is 631 Å². The Labute approximate surface area is 754 Å². The zero-order chi connectivity index (χ0) is 94.7. The minimum absolute atomic E-state index is 0.000904. The Morgan fingerprint density at radius 2 is 1.06 bits per heavy atom. The van der Waals surface area contributed by atoms with Crippen LogP contribution in [0.5, 0.6) is 0 Å². The third kappa shape index (κ3) is 37.9. The van der Waals surface area contributed by atoms with Crippen molar-refractivity contribution in [3.05, 3.63) is 90.3 Å². The van der Waals surface area contributed by atoms with Gasteiger partial charge in [0.2, 0.25) is 88.6 Å². The van der Waals surface area contributed by atoms with Gasteiger partial charge in [0.25, 0.3) is 0 Å². The van der Waals surface area contributed by atoms with Crippen molar-refractivity contribution in [2.24, 2.45) is 29.2 Å². The first kappa shape index (κ1) is 106. The first-order valence-corrected chi connectivity index (χ1v) is 45.2. The van der Waals surface area contributed by atoms with Crippen LogP contribution in [-0.4, -0.2) is 287 Å². The van der Waals surface area contributed by atoms with Crippen molar-refractivity contribution in [1.82, 2.24) is 94.4 Å². The fourth-order valence-electron chi connectivity index (χ4n) is 13.2. The van der Waals surface area contributed by atoms with E-state index in [9.17, 15) is 72.5 Å². The second-order valence-corrected chi connectivity index (χ2v) is 34.6. The van der Waals surface area contributed by atoms with Gasteiger partial charge < -0.3 is 130 Å². The number of hydrogen-bond acceptors (Lipinski definition) is 25. The van der Waals surface area contributed by atoms with E-state index in [0.29, 0.717) is 84.3 Å². The number of nitrogens with one attached hydrogen (secondary N) is 17. The van der Waals surface area contributed by atoms with Crippen molar-refractivity contribution in [2.45, 2.75) is 205 Å². The highest BCUT2D eigenvalue weighted by Gasteiger charge is 2.39. The van der Waals surface area contributed by atoms with Crippen LogP contribution >= 0.6 is 21.6 Å². The highest BCUT2D eigenvalue weighted by molar-refractivity contribution is 8.76. The van der Waals surface area contributed by atoms with E-state index < -0.39 is 211 Å². The molecule has 23 N–H and O–H groups in total. The molecule has 0 saturated carbocycles. The molecular weight excluding hydrogens is 1720 g/mol.